The van der Waals surface area contributed by atoms with E-state index in [0.29, 0.717) is 0 Å². The lowest BCUT2D eigenvalue weighted by molar-refractivity contribution is -0.117. The lowest BCUT2D eigenvalue weighted by atomic mass is 10.1. The summed E-state index contributed by atoms with van der Waals surface area (Å²) in [5.74, 6) is -0.0661. The van der Waals surface area contributed by atoms with Crippen molar-refractivity contribution in [1.82, 2.24) is 0 Å². The zero-order valence-corrected chi connectivity index (χ0v) is 23.0. The molecule has 0 radical (unpaired) electrons. The first kappa shape index (κ1) is 26.1. The number of hydrogen-bond acceptors (Lipinski definition) is 2. The quantitative estimate of drug-likeness (QED) is 0.197. The molecule has 3 nitrogen and oxygen atoms in total. The third-order valence-corrected chi connectivity index (χ3v) is 13.2. The van der Waals surface area contributed by atoms with E-state index >= 15 is 0 Å². The molecular formula is C32H39NO2Si. The van der Waals surface area contributed by atoms with Crippen LogP contribution >= 0.6 is 0 Å². The summed E-state index contributed by atoms with van der Waals surface area (Å²) >= 11 is 0. The van der Waals surface area contributed by atoms with E-state index in [0.717, 1.165) is 18.5 Å². The Hall–Kier alpha value is -2.95. The van der Waals surface area contributed by atoms with Crippen molar-refractivity contribution < 1.29 is 9.53 Å². The number of benzene rings is 3. The number of epoxide rings is 1. The highest BCUT2D eigenvalue weighted by Crippen LogP contribution is 2.46. The van der Waals surface area contributed by atoms with Crippen molar-refractivity contribution in [2.45, 2.75) is 70.6 Å². The van der Waals surface area contributed by atoms with Crippen LogP contribution in [0.2, 0.25) is 5.04 Å². The first-order valence-corrected chi connectivity index (χ1v) is 15.2. The normalized spacial score (nSPS) is 18.1. The molecule has 36 heavy (non-hydrogen) atoms. The van der Waals surface area contributed by atoms with Crippen LogP contribution in [-0.2, 0) is 9.53 Å². The third kappa shape index (κ3) is 5.40. The van der Waals surface area contributed by atoms with Crippen LogP contribution in [-0.4, -0.2) is 26.2 Å². The number of nitrogens with one attached hydrogen (secondary N) is 1. The summed E-state index contributed by atoms with van der Waals surface area (Å²) in [4.78, 5) is 13.3. The van der Waals surface area contributed by atoms with Gasteiger partial charge in [-0.2, -0.15) is 0 Å². The summed E-state index contributed by atoms with van der Waals surface area (Å²) in [5.41, 5.74) is 0.802. The van der Waals surface area contributed by atoms with Gasteiger partial charge in [0.25, 0.3) is 5.91 Å². The Kier molecular flexibility index (Phi) is 8.27. The van der Waals surface area contributed by atoms with E-state index in [1.807, 2.05) is 30.3 Å². The number of rotatable bonds is 10. The van der Waals surface area contributed by atoms with Crippen molar-refractivity contribution in [3.63, 3.8) is 0 Å². The molecule has 4 rings (SSSR count). The number of anilines is 1. The number of unbranched alkanes of at least 4 members (excludes halogenated alkanes) is 3. The second-order valence-corrected chi connectivity index (χ2v) is 15.5. The Morgan fingerprint density at radius 1 is 0.833 bits per heavy atom. The van der Waals surface area contributed by atoms with Crippen molar-refractivity contribution >= 4 is 30.0 Å². The van der Waals surface area contributed by atoms with Gasteiger partial charge in [-0.1, -0.05) is 125 Å². The van der Waals surface area contributed by atoms with E-state index in [2.05, 4.69) is 99.8 Å². The lowest BCUT2D eigenvalue weighted by Gasteiger charge is -2.46. The molecule has 0 bridgehead atoms. The molecule has 1 aliphatic rings. The highest BCUT2D eigenvalue weighted by Gasteiger charge is 2.59. The topological polar surface area (TPSA) is 41.6 Å². The van der Waals surface area contributed by atoms with Crippen LogP contribution in [0.25, 0.3) is 0 Å². The van der Waals surface area contributed by atoms with E-state index in [-0.39, 0.29) is 17.0 Å². The molecule has 0 aromatic heterocycles. The lowest BCUT2D eigenvalue weighted by Crippen LogP contribution is -2.67. The number of ether oxygens (including phenoxy) is 1. The van der Waals surface area contributed by atoms with Crippen LogP contribution in [0.1, 0.15) is 53.4 Å². The fraction of sp³-hybridized carbons (Fsp3) is 0.344. The van der Waals surface area contributed by atoms with Crippen LogP contribution in [0.5, 0.6) is 0 Å². The van der Waals surface area contributed by atoms with Crippen LogP contribution in [0.15, 0.2) is 102 Å². The van der Waals surface area contributed by atoms with E-state index in [1.165, 1.54) is 28.4 Å². The van der Waals surface area contributed by atoms with E-state index in [4.69, 9.17) is 4.74 Å². The maximum absolute atomic E-state index is 13.3. The second kappa shape index (κ2) is 11.4. The molecule has 1 aliphatic heterocycles. The zero-order chi connectivity index (χ0) is 25.6. The highest BCUT2D eigenvalue weighted by atomic mass is 28.3. The minimum Gasteiger partial charge on any atom is -0.355 e. The molecule has 0 spiro atoms. The van der Waals surface area contributed by atoms with E-state index < -0.39 is 14.2 Å². The molecule has 3 aromatic rings. The predicted octanol–water partition coefficient (Wildman–Crippen LogP) is 6.50. The van der Waals surface area contributed by atoms with Gasteiger partial charge in [-0.05, 0) is 45.6 Å². The van der Waals surface area contributed by atoms with Gasteiger partial charge >= 0.3 is 0 Å². The maximum atomic E-state index is 13.3. The molecule has 1 saturated heterocycles. The first-order chi connectivity index (χ1) is 17.4. The summed E-state index contributed by atoms with van der Waals surface area (Å²) in [5, 5.41) is 7.07. The highest BCUT2D eigenvalue weighted by molar-refractivity contribution is 7.09. The molecule has 3 aromatic carbocycles. The molecule has 4 heteroatoms. The van der Waals surface area contributed by atoms with Crippen LogP contribution in [0.3, 0.4) is 0 Å². The minimum atomic E-state index is -2.56. The Bertz CT molecular complexity index is 1110. The molecule has 188 valence electrons. The van der Waals surface area contributed by atoms with Gasteiger partial charge < -0.3 is 10.1 Å². The summed E-state index contributed by atoms with van der Waals surface area (Å²) < 4.78 is 6.27. The molecule has 0 aliphatic carbocycles. The summed E-state index contributed by atoms with van der Waals surface area (Å²) in [6.45, 7) is 9.32. The number of allylic oxidation sites excluding steroid dienone is 1. The van der Waals surface area contributed by atoms with Gasteiger partial charge in [0.05, 0.1) is 0 Å². The van der Waals surface area contributed by atoms with Gasteiger partial charge in [0.2, 0.25) is 0 Å². The summed E-state index contributed by atoms with van der Waals surface area (Å²) in [6.07, 6.45) is 6.30. The monoisotopic (exact) mass is 497 g/mol. The summed E-state index contributed by atoms with van der Waals surface area (Å²) in [7, 11) is -2.56. The van der Waals surface area contributed by atoms with Gasteiger partial charge in [-0.25, -0.2) is 0 Å². The number of hydrogen-bond donors (Lipinski definition) is 1. The first-order valence-electron chi connectivity index (χ1n) is 13.2. The standard InChI is InChI=1S/C32H39NO2Si/c1-5-6-7-17-24-28(29-30(35-29)31(34)33-25-18-11-8-12-19-25)36(32(2,3)4,26-20-13-9-14-21-26)27-22-15-10-16-23-27/h8-16,18-24,29-30H,5-7,17H2,1-4H3,(H,33,34)/b28-24+/t29-,30+/m0/s1. The Morgan fingerprint density at radius 2 is 1.36 bits per heavy atom. The van der Waals surface area contributed by atoms with Gasteiger partial charge in [0.15, 0.2) is 14.2 Å². The molecule has 1 amide bonds. The Morgan fingerprint density at radius 3 is 1.86 bits per heavy atom. The predicted molar refractivity (Wildman–Crippen MR) is 154 cm³/mol. The molecule has 0 unspecified atom stereocenters. The molecular weight excluding hydrogens is 458 g/mol. The number of para-hydroxylation sites is 1. The van der Waals surface area contributed by atoms with Crippen molar-refractivity contribution in [2.75, 3.05) is 5.32 Å². The minimum absolute atomic E-state index is 0.0430. The number of carbonyl (C=O) groups excluding carboxylic acids is 1. The largest absolute Gasteiger partial charge is 0.355 e. The van der Waals surface area contributed by atoms with Gasteiger partial charge in [-0.3, -0.25) is 4.79 Å². The number of carbonyl (C=O) groups is 1. The average Bonchev–Trinajstić information content (AvgIpc) is 3.68. The number of amides is 1. The van der Waals surface area contributed by atoms with Crippen molar-refractivity contribution in [3.05, 3.63) is 102 Å². The fourth-order valence-electron chi connectivity index (χ4n) is 5.59. The van der Waals surface area contributed by atoms with Crippen molar-refractivity contribution in [1.29, 1.82) is 0 Å². The molecule has 1 fully saturated rings. The zero-order valence-electron chi connectivity index (χ0n) is 22.0. The van der Waals surface area contributed by atoms with Crippen LogP contribution in [0.4, 0.5) is 5.69 Å². The van der Waals surface area contributed by atoms with Crippen molar-refractivity contribution in [2.24, 2.45) is 0 Å². The van der Waals surface area contributed by atoms with Crippen LogP contribution in [0, 0.1) is 0 Å². The average molecular weight is 498 g/mol. The third-order valence-electron chi connectivity index (χ3n) is 7.24. The molecule has 1 heterocycles. The maximum Gasteiger partial charge on any atom is 0.256 e. The van der Waals surface area contributed by atoms with E-state index in [1.54, 1.807) is 0 Å². The Labute approximate surface area is 217 Å². The van der Waals surface area contributed by atoms with E-state index in [9.17, 15) is 4.79 Å². The fourth-order valence-corrected chi connectivity index (χ4v) is 11.7. The van der Waals surface area contributed by atoms with Crippen molar-refractivity contribution in [3.8, 4) is 0 Å². The Balaban J connectivity index is 1.81. The van der Waals surface area contributed by atoms with Gasteiger partial charge in [-0.15, -0.1) is 0 Å². The van der Waals surface area contributed by atoms with Crippen LogP contribution < -0.4 is 15.7 Å². The molecule has 0 saturated carbocycles. The van der Waals surface area contributed by atoms with Gasteiger partial charge in [0, 0.05) is 5.69 Å². The SMILES string of the molecule is CCCCC/C=C(\[C@@H]1O[C@H]1C(=O)Nc1ccccc1)[Si](c1ccccc1)(c1ccccc1)C(C)(C)C. The smallest absolute Gasteiger partial charge is 0.256 e. The van der Waals surface area contributed by atoms with Gasteiger partial charge in [0.1, 0.15) is 6.10 Å². The molecule has 2 atom stereocenters. The summed E-state index contributed by atoms with van der Waals surface area (Å²) in [6, 6.07) is 31.5. The second-order valence-electron chi connectivity index (χ2n) is 10.7. The molecule has 1 N–H and O–H groups in total.